The van der Waals surface area contributed by atoms with Crippen LogP contribution in [0.15, 0.2) is 15.4 Å². The van der Waals surface area contributed by atoms with E-state index in [1.165, 1.54) is 5.69 Å². The summed E-state index contributed by atoms with van der Waals surface area (Å²) in [6, 6.07) is 0.192. The van der Waals surface area contributed by atoms with Gasteiger partial charge in [-0.25, -0.2) is 4.98 Å². The van der Waals surface area contributed by atoms with Crippen LogP contribution < -0.4 is 0 Å². The number of aromatic nitrogens is 3. The van der Waals surface area contributed by atoms with Gasteiger partial charge in [-0.1, -0.05) is 5.16 Å². The van der Waals surface area contributed by atoms with Crippen LogP contribution in [0.2, 0.25) is 0 Å². The summed E-state index contributed by atoms with van der Waals surface area (Å²) in [6.45, 7) is 9.07. The summed E-state index contributed by atoms with van der Waals surface area (Å²) in [5.41, 5.74) is 3.06. The molecule has 0 spiro atoms. The molecule has 1 aliphatic heterocycles. The van der Waals surface area contributed by atoms with Crippen molar-refractivity contribution < 1.29 is 4.52 Å². The van der Waals surface area contributed by atoms with Crippen LogP contribution in [-0.4, -0.2) is 51.1 Å². The Balaban J connectivity index is 1.53. The van der Waals surface area contributed by atoms with Crippen LogP contribution in [0.3, 0.4) is 0 Å². The molecule has 108 valence electrons. The predicted molar refractivity (Wildman–Crippen MR) is 76.4 cm³/mol. The van der Waals surface area contributed by atoms with Crippen molar-refractivity contribution in [2.24, 2.45) is 0 Å². The lowest BCUT2D eigenvalue weighted by Crippen LogP contribution is -2.46. The van der Waals surface area contributed by atoms with Gasteiger partial charge in [0.05, 0.1) is 17.2 Å². The van der Waals surface area contributed by atoms with Crippen molar-refractivity contribution in [3.05, 3.63) is 28.3 Å². The summed E-state index contributed by atoms with van der Waals surface area (Å²) < 4.78 is 5.27. The van der Waals surface area contributed by atoms with Gasteiger partial charge < -0.3 is 4.52 Å². The summed E-state index contributed by atoms with van der Waals surface area (Å²) in [6.07, 6.45) is 0. The van der Waals surface area contributed by atoms with Crippen molar-refractivity contribution in [3.63, 3.8) is 0 Å². The van der Waals surface area contributed by atoms with Gasteiger partial charge in [0.1, 0.15) is 0 Å². The summed E-state index contributed by atoms with van der Waals surface area (Å²) in [4.78, 5) is 13.5. The molecule has 1 fully saturated rings. The molecule has 0 bridgehead atoms. The molecular weight excluding hydrogens is 274 g/mol. The van der Waals surface area contributed by atoms with Gasteiger partial charge in [0.25, 0.3) is 0 Å². The lowest BCUT2D eigenvalue weighted by molar-refractivity contribution is 0.0839. The molecule has 7 heteroatoms. The lowest BCUT2D eigenvalue weighted by atomic mass is 10.2. The maximum Gasteiger partial charge on any atom is 0.243 e. The molecule has 6 nitrogen and oxygen atoms in total. The van der Waals surface area contributed by atoms with E-state index in [0.29, 0.717) is 5.82 Å². The second kappa shape index (κ2) is 5.99. The fourth-order valence-corrected chi connectivity index (χ4v) is 3.04. The van der Waals surface area contributed by atoms with Crippen molar-refractivity contribution in [2.45, 2.75) is 26.4 Å². The number of aryl methyl sites for hydroxylation is 1. The number of hydrogen-bond donors (Lipinski definition) is 0. The van der Waals surface area contributed by atoms with E-state index in [2.05, 4.69) is 37.2 Å². The average Bonchev–Trinajstić information content (AvgIpc) is 3.10. The van der Waals surface area contributed by atoms with Crippen LogP contribution in [0.1, 0.15) is 30.4 Å². The first-order chi connectivity index (χ1) is 9.72. The van der Waals surface area contributed by atoms with E-state index in [1.807, 2.05) is 12.4 Å². The van der Waals surface area contributed by atoms with Crippen LogP contribution in [0.4, 0.5) is 0 Å². The molecule has 3 heterocycles. The largest absolute Gasteiger partial charge is 0.338 e. The van der Waals surface area contributed by atoms with E-state index in [9.17, 15) is 0 Å². The molecule has 1 unspecified atom stereocenters. The number of rotatable bonds is 4. The first-order valence-corrected chi connectivity index (χ1v) is 7.80. The molecule has 2 aromatic rings. The molecule has 3 rings (SSSR count). The third kappa shape index (κ3) is 3.05. The van der Waals surface area contributed by atoms with Crippen LogP contribution in [0.5, 0.6) is 0 Å². The fourth-order valence-electron chi connectivity index (χ4n) is 2.49. The Labute approximate surface area is 122 Å². The van der Waals surface area contributed by atoms with Crippen molar-refractivity contribution in [1.29, 1.82) is 0 Å². The van der Waals surface area contributed by atoms with Gasteiger partial charge in [0.15, 0.2) is 5.82 Å². The van der Waals surface area contributed by atoms with Crippen LogP contribution in [0.25, 0.3) is 0 Å². The minimum atomic E-state index is 0.192. The van der Waals surface area contributed by atoms with Gasteiger partial charge in [0, 0.05) is 38.1 Å². The molecule has 1 aliphatic rings. The molecule has 2 aromatic heterocycles. The molecule has 0 N–H and O–H groups in total. The summed E-state index contributed by atoms with van der Waals surface area (Å²) in [5, 5.41) is 5.99. The number of nitrogens with zero attached hydrogens (tertiary/aromatic N) is 5. The van der Waals surface area contributed by atoms with Gasteiger partial charge in [-0.3, -0.25) is 9.80 Å². The molecule has 0 saturated carbocycles. The van der Waals surface area contributed by atoms with E-state index in [1.54, 1.807) is 11.3 Å². The number of thiazole rings is 1. The quantitative estimate of drug-likeness (QED) is 0.855. The van der Waals surface area contributed by atoms with E-state index < -0.39 is 0 Å². The van der Waals surface area contributed by atoms with Crippen molar-refractivity contribution in [1.82, 2.24) is 24.9 Å². The third-order valence-electron chi connectivity index (χ3n) is 3.72. The van der Waals surface area contributed by atoms with Gasteiger partial charge >= 0.3 is 0 Å². The second-order valence-corrected chi connectivity index (χ2v) is 5.87. The highest BCUT2D eigenvalue weighted by Gasteiger charge is 2.25. The summed E-state index contributed by atoms with van der Waals surface area (Å²) in [7, 11) is 0. The van der Waals surface area contributed by atoms with E-state index in [-0.39, 0.29) is 6.04 Å². The van der Waals surface area contributed by atoms with Crippen molar-refractivity contribution in [3.8, 4) is 0 Å². The molecule has 0 aromatic carbocycles. The van der Waals surface area contributed by atoms with E-state index in [4.69, 9.17) is 4.52 Å². The maximum atomic E-state index is 5.27. The lowest BCUT2D eigenvalue weighted by Gasteiger charge is -2.36. The SMILES string of the molecule is Cc1noc(C(C)N2CCN(Cc3cscn3)CC2)n1. The Morgan fingerprint density at radius 3 is 2.75 bits per heavy atom. The highest BCUT2D eigenvalue weighted by Crippen LogP contribution is 2.20. The zero-order valence-corrected chi connectivity index (χ0v) is 12.6. The Kier molecular flexibility index (Phi) is 4.09. The monoisotopic (exact) mass is 293 g/mol. The number of piperazine rings is 1. The predicted octanol–water partition coefficient (Wildman–Crippen LogP) is 1.71. The van der Waals surface area contributed by atoms with Crippen molar-refractivity contribution >= 4 is 11.3 Å². The van der Waals surface area contributed by atoms with Crippen molar-refractivity contribution in [2.75, 3.05) is 26.2 Å². The zero-order valence-electron chi connectivity index (χ0n) is 11.8. The smallest absolute Gasteiger partial charge is 0.243 e. The Hall–Kier alpha value is -1.31. The number of hydrogen-bond acceptors (Lipinski definition) is 7. The molecular formula is C13H19N5OS. The molecule has 0 radical (unpaired) electrons. The molecule has 1 atom stereocenters. The molecule has 1 saturated heterocycles. The Morgan fingerprint density at radius 2 is 2.15 bits per heavy atom. The minimum absolute atomic E-state index is 0.192. The normalized spacial score (nSPS) is 19.3. The highest BCUT2D eigenvalue weighted by atomic mass is 32.1. The standard InChI is InChI=1S/C13H19N5OS/c1-10(13-15-11(2)16-19-13)18-5-3-17(4-6-18)7-12-8-20-9-14-12/h8-10H,3-7H2,1-2H3. The molecule has 0 aliphatic carbocycles. The van der Waals surface area contributed by atoms with Gasteiger partial charge in [-0.2, -0.15) is 4.98 Å². The topological polar surface area (TPSA) is 58.3 Å². The van der Waals surface area contributed by atoms with Gasteiger partial charge in [0.2, 0.25) is 5.89 Å². The maximum absolute atomic E-state index is 5.27. The van der Waals surface area contributed by atoms with Gasteiger partial charge in [-0.05, 0) is 13.8 Å². The van der Waals surface area contributed by atoms with Crippen LogP contribution in [-0.2, 0) is 6.54 Å². The fraction of sp³-hybridized carbons (Fsp3) is 0.615. The highest BCUT2D eigenvalue weighted by molar-refractivity contribution is 7.07. The third-order valence-corrected chi connectivity index (χ3v) is 4.36. The molecule has 0 amide bonds. The Bertz CT molecular complexity index is 533. The summed E-state index contributed by atoms with van der Waals surface area (Å²) in [5.74, 6) is 1.42. The van der Waals surface area contributed by atoms with Crippen LogP contribution in [0, 0.1) is 6.92 Å². The van der Waals surface area contributed by atoms with Gasteiger partial charge in [-0.15, -0.1) is 11.3 Å². The second-order valence-electron chi connectivity index (χ2n) is 5.15. The Morgan fingerprint density at radius 1 is 1.35 bits per heavy atom. The first kappa shape index (κ1) is 13.7. The molecule has 20 heavy (non-hydrogen) atoms. The van der Waals surface area contributed by atoms with Crippen LogP contribution >= 0.6 is 11.3 Å². The zero-order chi connectivity index (χ0) is 13.9. The minimum Gasteiger partial charge on any atom is -0.338 e. The summed E-state index contributed by atoms with van der Waals surface area (Å²) >= 11 is 1.66. The first-order valence-electron chi connectivity index (χ1n) is 6.86. The average molecular weight is 293 g/mol. The van der Waals surface area contributed by atoms with E-state index >= 15 is 0 Å². The van der Waals surface area contributed by atoms with E-state index in [0.717, 1.165) is 38.6 Å².